The molecular formula is C12H25NO6S. The Balaban J connectivity index is 0. The molecule has 0 fully saturated rings. The number of aliphatic carboxylic acids is 2. The van der Waals surface area contributed by atoms with Crippen molar-refractivity contribution in [3.8, 4) is 0 Å². The minimum Gasteiger partial charge on any atom is -0.481 e. The molecule has 7 nitrogen and oxygen atoms in total. The first-order chi connectivity index (χ1) is 9.10. The maximum atomic E-state index is 10.5. The van der Waals surface area contributed by atoms with Gasteiger partial charge in [-0.3, -0.25) is 9.59 Å². The zero-order valence-electron chi connectivity index (χ0n) is 12.0. The molecule has 0 aliphatic heterocycles. The van der Waals surface area contributed by atoms with E-state index in [0.29, 0.717) is 6.42 Å². The molecule has 120 valence electrons. The van der Waals surface area contributed by atoms with Gasteiger partial charge in [0.05, 0.1) is 5.75 Å². The summed E-state index contributed by atoms with van der Waals surface area (Å²) < 4.78 is 21.0. The second kappa shape index (κ2) is 11.7. The van der Waals surface area contributed by atoms with Crippen LogP contribution in [0, 0.1) is 0 Å². The van der Waals surface area contributed by atoms with Crippen molar-refractivity contribution < 1.29 is 28.2 Å². The van der Waals surface area contributed by atoms with Crippen molar-refractivity contribution in [1.29, 1.82) is 0 Å². The number of carboxylic acid groups (broad SMARTS) is 2. The van der Waals surface area contributed by atoms with Gasteiger partial charge in [0.15, 0.2) is 0 Å². The first-order valence-corrected chi connectivity index (χ1v) is 8.54. The van der Waals surface area contributed by atoms with Crippen molar-refractivity contribution in [2.75, 3.05) is 12.0 Å². The second-order valence-electron chi connectivity index (χ2n) is 4.57. The molecule has 0 aliphatic carbocycles. The average Bonchev–Trinajstić information content (AvgIpc) is 2.31. The summed E-state index contributed by atoms with van der Waals surface area (Å²) in [7, 11) is -3.10. The van der Waals surface area contributed by atoms with Crippen molar-refractivity contribution >= 4 is 21.8 Å². The average molecular weight is 311 g/mol. The lowest BCUT2D eigenvalue weighted by Gasteiger charge is -2.03. The van der Waals surface area contributed by atoms with Crippen molar-refractivity contribution in [2.45, 2.75) is 51.5 Å². The Bertz CT molecular complexity index is 379. The third-order valence-corrected chi connectivity index (χ3v) is 3.34. The third-order valence-electron chi connectivity index (χ3n) is 2.36. The number of unbranched alkanes of at least 4 members (excludes halogenated alkanes) is 3. The van der Waals surface area contributed by atoms with Crippen LogP contribution in [-0.2, 0) is 19.4 Å². The molecule has 0 saturated heterocycles. The van der Waals surface area contributed by atoms with Gasteiger partial charge in [0.25, 0.3) is 0 Å². The Kier molecular flexibility index (Phi) is 12.3. The predicted molar refractivity (Wildman–Crippen MR) is 76.3 cm³/mol. The molecule has 8 heteroatoms. The van der Waals surface area contributed by atoms with E-state index in [2.05, 4.69) is 6.92 Å². The number of carbonyl (C=O) groups is 2. The van der Waals surface area contributed by atoms with E-state index in [1.165, 1.54) is 6.42 Å². The van der Waals surface area contributed by atoms with Crippen LogP contribution < -0.4 is 5.73 Å². The highest BCUT2D eigenvalue weighted by molar-refractivity contribution is 7.90. The van der Waals surface area contributed by atoms with Crippen LogP contribution in [-0.4, -0.2) is 48.6 Å². The van der Waals surface area contributed by atoms with Gasteiger partial charge < -0.3 is 15.9 Å². The number of nitrogens with two attached hydrogens (primary N) is 1. The Labute approximate surface area is 120 Å². The van der Waals surface area contributed by atoms with Gasteiger partial charge in [-0.05, 0) is 12.8 Å². The third kappa shape index (κ3) is 19.2. The molecule has 0 bridgehead atoms. The SMILES string of the molecule is CCCCCCC(=O)O.CS(=O)(=O)CC[C@H](N)C(=O)O. The van der Waals surface area contributed by atoms with Crippen LogP contribution in [0.25, 0.3) is 0 Å². The Hall–Kier alpha value is -1.15. The van der Waals surface area contributed by atoms with Crippen LogP contribution in [0.2, 0.25) is 0 Å². The van der Waals surface area contributed by atoms with E-state index in [-0.39, 0.29) is 12.2 Å². The van der Waals surface area contributed by atoms with Crippen LogP contribution >= 0.6 is 0 Å². The first-order valence-electron chi connectivity index (χ1n) is 6.48. The first kappa shape index (κ1) is 21.2. The fourth-order valence-electron chi connectivity index (χ4n) is 1.17. The smallest absolute Gasteiger partial charge is 0.320 e. The molecule has 0 radical (unpaired) electrons. The fraction of sp³-hybridized carbons (Fsp3) is 0.833. The van der Waals surface area contributed by atoms with Crippen LogP contribution in [0.5, 0.6) is 0 Å². The predicted octanol–water partition coefficient (Wildman–Crippen LogP) is 0.874. The summed E-state index contributed by atoms with van der Waals surface area (Å²) in [6.45, 7) is 2.11. The molecule has 0 aromatic rings. The maximum absolute atomic E-state index is 10.5. The lowest BCUT2D eigenvalue weighted by Crippen LogP contribution is -2.32. The van der Waals surface area contributed by atoms with Gasteiger partial charge in [0, 0.05) is 12.7 Å². The summed E-state index contributed by atoms with van der Waals surface area (Å²) in [5, 5.41) is 16.5. The topological polar surface area (TPSA) is 135 Å². The fourth-order valence-corrected chi connectivity index (χ4v) is 1.85. The van der Waals surface area contributed by atoms with Gasteiger partial charge >= 0.3 is 11.9 Å². The molecule has 4 N–H and O–H groups in total. The molecule has 0 rings (SSSR count). The van der Waals surface area contributed by atoms with E-state index in [4.69, 9.17) is 15.9 Å². The monoisotopic (exact) mass is 311 g/mol. The minimum atomic E-state index is -3.10. The molecule has 0 aliphatic rings. The molecule has 0 heterocycles. The Morgan fingerprint density at radius 2 is 1.70 bits per heavy atom. The summed E-state index contributed by atoms with van der Waals surface area (Å²) in [6.07, 6.45) is 5.56. The lowest BCUT2D eigenvalue weighted by atomic mass is 10.2. The number of hydrogen-bond donors (Lipinski definition) is 3. The standard InChI is InChI=1S/C7H14O2.C5H11NO4S/c1-2-3-4-5-6-7(8)9;1-11(9,10)3-2-4(6)5(7)8/h2-6H2,1H3,(H,8,9);4H,2-3,6H2,1H3,(H,7,8)/t;4-/m.0/s1. The zero-order chi connectivity index (χ0) is 16.2. The molecule has 0 aromatic carbocycles. The largest absolute Gasteiger partial charge is 0.481 e. The molecule has 0 aromatic heterocycles. The molecule has 20 heavy (non-hydrogen) atoms. The van der Waals surface area contributed by atoms with Gasteiger partial charge in [-0.1, -0.05) is 26.2 Å². The summed E-state index contributed by atoms with van der Waals surface area (Å²) in [6, 6.07) is -1.08. The van der Waals surface area contributed by atoms with Gasteiger partial charge in [-0.25, -0.2) is 8.42 Å². The lowest BCUT2D eigenvalue weighted by molar-refractivity contribution is -0.139. The quantitative estimate of drug-likeness (QED) is 0.538. The minimum absolute atomic E-state index is 0.0336. The number of hydrogen-bond acceptors (Lipinski definition) is 5. The second-order valence-corrected chi connectivity index (χ2v) is 6.83. The highest BCUT2D eigenvalue weighted by Crippen LogP contribution is 2.01. The van der Waals surface area contributed by atoms with Gasteiger partial charge in [-0.15, -0.1) is 0 Å². The van der Waals surface area contributed by atoms with E-state index in [0.717, 1.165) is 25.5 Å². The van der Waals surface area contributed by atoms with Gasteiger partial charge in [0.1, 0.15) is 15.9 Å². The molecule has 1 atom stereocenters. The number of rotatable bonds is 9. The van der Waals surface area contributed by atoms with Crippen LogP contribution in [0.4, 0.5) is 0 Å². The Morgan fingerprint density at radius 1 is 1.15 bits per heavy atom. The van der Waals surface area contributed by atoms with Crippen LogP contribution in [0.3, 0.4) is 0 Å². The van der Waals surface area contributed by atoms with E-state index < -0.39 is 27.8 Å². The summed E-state index contributed by atoms with van der Waals surface area (Å²) in [5.41, 5.74) is 5.06. The molecule has 0 unspecified atom stereocenters. The van der Waals surface area contributed by atoms with Crippen molar-refractivity contribution in [2.24, 2.45) is 5.73 Å². The molecular weight excluding hydrogens is 286 g/mol. The van der Waals surface area contributed by atoms with Gasteiger partial charge in [-0.2, -0.15) is 0 Å². The van der Waals surface area contributed by atoms with Crippen LogP contribution in [0.1, 0.15) is 45.4 Å². The van der Waals surface area contributed by atoms with Gasteiger partial charge in [0.2, 0.25) is 0 Å². The molecule has 0 amide bonds. The van der Waals surface area contributed by atoms with Crippen LogP contribution in [0.15, 0.2) is 0 Å². The zero-order valence-corrected chi connectivity index (χ0v) is 12.9. The number of carboxylic acids is 2. The van der Waals surface area contributed by atoms with E-state index in [9.17, 15) is 18.0 Å². The summed E-state index contributed by atoms with van der Waals surface area (Å²) >= 11 is 0. The molecule has 0 saturated carbocycles. The van der Waals surface area contributed by atoms with Crippen molar-refractivity contribution in [3.63, 3.8) is 0 Å². The van der Waals surface area contributed by atoms with Crippen molar-refractivity contribution in [1.82, 2.24) is 0 Å². The maximum Gasteiger partial charge on any atom is 0.320 e. The summed E-state index contributed by atoms with van der Waals surface area (Å²) in [5.74, 6) is -2.03. The number of sulfone groups is 1. The van der Waals surface area contributed by atoms with Crippen molar-refractivity contribution in [3.05, 3.63) is 0 Å². The Morgan fingerprint density at radius 3 is 2.05 bits per heavy atom. The van der Waals surface area contributed by atoms with E-state index in [1.807, 2.05) is 0 Å². The highest BCUT2D eigenvalue weighted by atomic mass is 32.2. The normalized spacial score (nSPS) is 12.2. The molecule has 0 spiro atoms. The van der Waals surface area contributed by atoms with E-state index in [1.54, 1.807) is 0 Å². The van der Waals surface area contributed by atoms with E-state index >= 15 is 0 Å². The summed E-state index contributed by atoms with van der Waals surface area (Å²) in [4.78, 5) is 20.1. The highest BCUT2D eigenvalue weighted by Gasteiger charge is 2.13.